The first kappa shape index (κ1) is 13.5. The summed E-state index contributed by atoms with van der Waals surface area (Å²) >= 11 is 3.48. The van der Waals surface area contributed by atoms with E-state index < -0.39 is 0 Å². The number of carbonyl (C=O) groups is 1. The van der Waals surface area contributed by atoms with Gasteiger partial charge in [0.15, 0.2) is 5.69 Å². The molecule has 2 heterocycles. The van der Waals surface area contributed by atoms with Crippen molar-refractivity contribution in [3.63, 3.8) is 0 Å². The van der Waals surface area contributed by atoms with Crippen molar-refractivity contribution >= 4 is 21.8 Å². The van der Waals surface area contributed by atoms with E-state index in [4.69, 9.17) is 0 Å². The number of nitrogens with one attached hydrogen (secondary N) is 2. The minimum absolute atomic E-state index is 0.000903. The van der Waals surface area contributed by atoms with Crippen molar-refractivity contribution in [1.29, 1.82) is 0 Å². The second-order valence-corrected chi connectivity index (χ2v) is 5.80. The van der Waals surface area contributed by atoms with Gasteiger partial charge >= 0.3 is 0 Å². The molecule has 18 heavy (non-hydrogen) atoms. The Kier molecular flexibility index (Phi) is 4.07. The highest BCUT2D eigenvalue weighted by molar-refractivity contribution is 9.10. The van der Waals surface area contributed by atoms with Crippen molar-refractivity contribution in [1.82, 2.24) is 20.4 Å². The van der Waals surface area contributed by atoms with Gasteiger partial charge in [-0.15, -0.1) is 0 Å². The fourth-order valence-electron chi connectivity index (χ4n) is 2.14. The van der Waals surface area contributed by atoms with Crippen molar-refractivity contribution in [2.45, 2.75) is 32.7 Å². The van der Waals surface area contributed by atoms with Crippen molar-refractivity contribution in [3.8, 4) is 0 Å². The molecule has 2 rings (SSSR count). The normalized spacial score (nSPS) is 20.5. The lowest BCUT2D eigenvalue weighted by molar-refractivity contribution is 0.0648. The van der Waals surface area contributed by atoms with E-state index in [0.29, 0.717) is 11.6 Å². The van der Waals surface area contributed by atoms with Gasteiger partial charge < -0.3 is 10.2 Å². The SMILES string of the molecule is CC(C)c1[nH]nc(C(=O)N2CCNC[C@H]2C)c1Br. The summed E-state index contributed by atoms with van der Waals surface area (Å²) in [6, 6.07) is 0.206. The van der Waals surface area contributed by atoms with Gasteiger partial charge in [0.05, 0.1) is 10.2 Å². The maximum atomic E-state index is 12.5. The fraction of sp³-hybridized carbons (Fsp3) is 0.667. The van der Waals surface area contributed by atoms with E-state index in [2.05, 4.69) is 45.3 Å². The molecular weight excluding hydrogens is 296 g/mol. The van der Waals surface area contributed by atoms with Gasteiger partial charge in [0, 0.05) is 25.7 Å². The van der Waals surface area contributed by atoms with Crippen molar-refractivity contribution in [2.24, 2.45) is 0 Å². The number of halogens is 1. The number of aromatic amines is 1. The molecule has 1 amide bonds. The molecule has 2 N–H and O–H groups in total. The molecule has 1 saturated heterocycles. The first-order valence-corrected chi connectivity index (χ1v) is 7.07. The van der Waals surface area contributed by atoms with Crippen LogP contribution in [0, 0.1) is 0 Å². The molecule has 1 aromatic heterocycles. The van der Waals surface area contributed by atoms with E-state index in [1.54, 1.807) is 0 Å². The third-order valence-electron chi connectivity index (χ3n) is 3.27. The topological polar surface area (TPSA) is 61.0 Å². The summed E-state index contributed by atoms with van der Waals surface area (Å²) in [6.07, 6.45) is 0. The monoisotopic (exact) mass is 314 g/mol. The molecule has 0 aromatic carbocycles. The molecule has 0 spiro atoms. The quantitative estimate of drug-likeness (QED) is 0.874. The molecule has 0 saturated carbocycles. The third kappa shape index (κ3) is 2.44. The fourth-order valence-corrected chi connectivity index (χ4v) is 2.95. The van der Waals surface area contributed by atoms with E-state index in [-0.39, 0.29) is 11.9 Å². The van der Waals surface area contributed by atoms with Gasteiger partial charge in [-0.2, -0.15) is 5.10 Å². The zero-order valence-corrected chi connectivity index (χ0v) is 12.5. The molecule has 0 aliphatic carbocycles. The van der Waals surface area contributed by atoms with Crippen LogP contribution in [-0.2, 0) is 0 Å². The van der Waals surface area contributed by atoms with Crippen LogP contribution >= 0.6 is 15.9 Å². The van der Waals surface area contributed by atoms with Gasteiger partial charge in [0.2, 0.25) is 0 Å². The Morgan fingerprint density at radius 2 is 2.28 bits per heavy atom. The third-order valence-corrected chi connectivity index (χ3v) is 4.08. The van der Waals surface area contributed by atoms with Crippen LogP contribution in [0.25, 0.3) is 0 Å². The Hall–Kier alpha value is -0.880. The molecule has 1 aliphatic rings. The summed E-state index contributed by atoms with van der Waals surface area (Å²) in [5.74, 6) is 0.313. The van der Waals surface area contributed by atoms with E-state index in [0.717, 1.165) is 29.8 Å². The molecule has 0 unspecified atom stereocenters. The van der Waals surface area contributed by atoms with Gasteiger partial charge in [0.1, 0.15) is 0 Å². The molecule has 1 atom stereocenters. The van der Waals surface area contributed by atoms with Crippen LogP contribution in [0.1, 0.15) is 42.9 Å². The number of nitrogens with zero attached hydrogens (tertiary/aromatic N) is 2. The Bertz CT molecular complexity index is 443. The smallest absolute Gasteiger partial charge is 0.275 e. The number of carbonyl (C=O) groups excluding carboxylic acids is 1. The van der Waals surface area contributed by atoms with Crippen molar-refractivity contribution in [2.75, 3.05) is 19.6 Å². The van der Waals surface area contributed by atoms with Crippen LogP contribution in [0.4, 0.5) is 0 Å². The number of hydrogen-bond donors (Lipinski definition) is 2. The van der Waals surface area contributed by atoms with Crippen LogP contribution in [0.2, 0.25) is 0 Å². The molecule has 1 aromatic rings. The largest absolute Gasteiger partial charge is 0.332 e. The molecule has 6 heteroatoms. The summed E-state index contributed by atoms with van der Waals surface area (Å²) in [5.41, 5.74) is 1.47. The Labute approximate surface area is 115 Å². The van der Waals surface area contributed by atoms with Crippen LogP contribution in [-0.4, -0.2) is 46.7 Å². The number of H-pyrrole nitrogens is 1. The summed E-state index contributed by atoms with van der Waals surface area (Å²) in [7, 11) is 0. The van der Waals surface area contributed by atoms with E-state index in [9.17, 15) is 4.79 Å². The lowest BCUT2D eigenvalue weighted by Gasteiger charge is -2.33. The number of amides is 1. The molecule has 0 bridgehead atoms. The van der Waals surface area contributed by atoms with E-state index in [1.165, 1.54) is 0 Å². The number of rotatable bonds is 2. The van der Waals surface area contributed by atoms with Crippen molar-refractivity contribution in [3.05, 3.63) is 15.9 Å². The molecule has 5 nitrogen and oxygen atoms in total. The van der Waals surface area contributed by atoms with Gasteiger partial charge in [-0.1, -0.05) is 13.8 Å². The average Bonchev–Trinajstić information content (AvgIpc) is 2.71. The highest BCUT2D eigenvalue weighted by Crippen LogP contribution is 2.26. The van der Waals surface area contributed by atoms with E-state index in [1.807, 2.05) is 11.8 Å². The average molecular weight is 315 g/mol. The lowest BCUT2D eigenvalue weighted by atomic mass is 10.1. The first-order chi connectivity index (χ1) is 8.52. The number of aromatic nitrogens is 2. The Morgan fingerprint density at radius 3 is 2.83 bits per heavy atom. The molecule has 100 valence electrons. The summed E-state index contributed by atoms with van der Waals surface area (Å²) < 4.78 is 0.799. The van der Waals surface area contributed by atoms with Crippen LogP contribution < -0.4 is 5.32 Å². The van der Waals surface area contributed by atoms with Crippen LogP contribution in [0.15, 0.2) is 4.47 Å². The Morgan fingerprint density at radius 1 is 1.56 bits per heavy atom. The number of hydrogen-bond acceptors (Lipinski definition) is 3. The van der Waals surface area contributed by atoms with E-state index >= 15 is 0 Å². The minimum Gasteiger partial charge on any atom is -0.332 e. The summed E-state index contributed by atoms with van der Waals surface area (Å²) in [4.78, 5) is 14.3. The zero-order chi connectivity index (χ0) is 13.3. The minimum atomic E-state index is -0.000903. The summed E-state index contributed by atoms with van der Waals surface area (Å²) in [6.45, 7) is 8.60. The predicted molar refractivity (Wildman–Crippen MR) is 73.7 cm³/mol. The van der Waals surface area contributed by atoms with Crippen LogP contribution in [0.5, 0.6) is 0 Å². The zero-order valence-electron chi connectivity index (χ0n) is 11.0. The predicted octanol–water partition coefficient (Wildman–Crippen LogP) is 1.73. The first-order valence-electron chi connectivity index (χ1n) is 6.27. The van der Waals surface area contributed by atoms with Gasteiger partial charge in [-0.05, 0) is 28.8 Å². The molecule has 1 aliphatic heterocycles. The Balaban J connectivity index is 2.23. The van der Waals surface area contributed by atoms with Gasteiger partial charge in [-0.3, -0.25) is 9.89 Å². The maximum Gasteiger partial charge on any atom is 0.275 e. The summed E-state index contributed by atoms with van der Waals surface area (Å²) in [5, 5.41) is 10.4. The number of piperazine rings is 1. The molecular formula is C12H19BrN4O. The maximum absolute atomic E-state index is 12.5. The van der Waals surface area contributed by atoms with Gasteiger partial charge in [-0.25, -0.2) is 0 Å². The highest BCUT2D eigenvalue weighted by Gasteiger charge is 2.28. The lowest BCUT2D eigenvalue weighted by Crippen LogP contribution is -2.52. The second kappa shape index (κ2) is 5.40. The molecule has 1 fully saturated rings. The van der Waals surface area contributed by atoms with Crippen LogP contribution in [0.3, 0.4) is 0 Å². The van der Waals surface area contributed by atoms with Crippen molar-refractivity contribution < 1.29 is 4.79 Å². The van der Waals surface area contributed by atoms with Gasteiger partial charge in [0.25, 0.3) is 5.91 Å². The second-order valence-electron chi connectivity index (χ2n) is 5.01. The molecule has 0 radical (unpaired) electrons. The highest BCUT2D eigenvalue weighted by atomic mass is 79.9. The standard InChI is InChI=1S/C12H19BrN4O/c1-7(2)10-9(13)11(16-15-10)12(18)17-5-4-14-6-8(17)3/h7-8,14H,4-6H2,1-3H3,(H,15,16)/t8-/m1/s1.